The molecule has 2 atom stereocenters. The molecule has 1 aliphatic carbocycles. The summed E-state index contributed by atoms with van der Waals surface area (Å²) in [6.07, 6.45) is 2.81. The van der Waals surface area contributed by atoms with E-state index in [1.54, 1.807) is 0 Å². The molecule has 2 aliphatic heterocycles. The molecule has 1 aromatic carbocycles. The Morgan fingerprint density at radius 2 is 2.00 bits per heavy atom. The van der Waals surface area contributed by atoms with Gasteiger partial charge in [-0.1, -0.05) is 28.9 Å². The number of benzene rings is 1. The molecule has 132 valence electrons. The van der Waals surface area contributed by atoms with Gasteiger partial charge in [-0.3, -0.25) is 4.79 Å². The predicted octanol–water partition coefficient (Wildman–Crippen LogP) is 2.59. The zero-order valence-electron chi connectivity index (χ0n) is 13.9. The summed E-state index contributed by atoms with van der Waals surface area (Å²) in [5.74, 6) is -1.25. The highest BCUT2D eigenvalue weighted by atomic mass is 35.5. The van der Waals surface area contributed by atoms with Gasteiger partial charge in [0.15, 0.2) is 5.60 Å². The number of carboxylic acid groups (broad SMARTS) is 1. The Labute approximate surface area is 150 Å². The lowest BCUT2D eigenvalue weighted by molar-refractivity contribution is -0.147. The predicted molar refractivity (Wildman–Crippen MR) is 91.7 cm³/mol. The van der Waals surface area contributed by atoms with Crippen LogP contribution in [0.25, 0.3) is 0 Å². The third kappa shape index (κ3) is 2.59. The molecule has 25 heavy (non-hydrogen) atoms. The third-order valence-corrected chi connectivity index (χ3v) is 5.88. The molecule has 3 aliphatic rings. The fourth-order valence-corrected chi connectivity index (χ4v) is 4.24. The van der Waals surface area contributed by atoms with E-state index >= 15 is 0 Å². The van der Waals surface area contributed by atoms with E-state index in [-0.39, 0.29) is 24.3 Å². The molecule has 1 spiro atoms. The second-order valence-corrected chi connectivity index (χ2v) is 7.72. The van der Waals surface area contributed by atoms with Crippen LogP contribution in [0.15, 0.2) is 29.4 Å². The molecule has 1 unspecified atom stereocenters. The fraction of sp³-hybridized carbons (Fsp3) is 0.500. The minimum atomic E-state index is -0.997. The first kappa shape index (κ1) is 16.4. The van der Waals surface area contributed by atoms with Crippen LogP contribution in [0.5, 0.6) is 0 Å². The molecule has 4 rings (SSSR count). The van der Waals surface area contributed by atoms with E-state index in [1.807, 2.05) is 24.3 Å². The zero-order valence-corrected chi connectivity index (χ0v) is 14.6. The standard InChI is InChI=1S/C18H19ClN2O4/c1-11(22)21-10-17(8-14(21)16(23)24)9-15(20-25-17)18(6-7-18)12-2-4-13(19)5-3-12/h2-5,14H,6-10H2,1H3,(H,23,24)/t14-,17?/m0/s1. The normalized spacial score (nSPS) is 29.4. The molecule has 1 N–H and O–H groups in total. The molecule has 1 saturated carbocycles. The van der Waals surface area contributed by atoms with E-state index in [4.69, 9.17) is 16.4 Å². The lowest BCUT2D eigenvalue weighted by Gasteiger charge is -2.22. The van der Waals surface area contributed by atoms with E-state index in [1.165, 1.54) is 11.8 Å². The largest absolute Gasteiger partial charge is 0.480 e. The first-order valence-electron chi connectivity index (χ1n) is 8.37. The molecule has 0 radical (unpaired) electrons. The van der Waals surface area contributed by atoms with Crippen LogP contribution in [0, 0.1) is 0 Å². The van der Waals surface area contributed by atoms with Crippen LogP contribution in [0.2, 0.25) is 5.02 Å². The van der Waals surface area contributed by atoms with Crippen molar-refractivity contribution in [1.29, 1.82) is 0 Å². The van der Waals surface area contributed by atoms with Crippen molar-refractivity contribution in [2.24, 2.45) is 5.16 Å². The van der Waals surface area contributed by atoms with Gasteiger partial charge in [0.1, 0.15) is 6.04 Å². The van der Waals surface area contributed by atoms with Crippen LogP contribution < -0.4 is 0 Å². The van der Waals surface area contributed by atoms with Crippen LogP contribution in [-0.4, -0.2) is 45.8 Å². The minimum Gasteiger partial charge on any atom is -0.480 e. The smallest absolute Gasteiger partial charge is 0.326 e. The molecule has 0 bridgehead atoms. The van der Waals surface area contributed by atoms with Crippen molar-refractivity contribution in [3.63, 3.8) is 0 Å². The number of hydrogen-bond acceptors (Lipinski definition) is 4. The summed E-state index contributed by atoms with van der Waals surface area (Å²) >= 11 is 5.98. The van der Waals surface area contributed by atoms with Crippen LogP contribution in [0.4, 0.5) is 0 Å². The van der Waals surface area contributed by atoms with Crippen LogP contribution in [0.3, 0.4) is 0 Å². The Bertz CT molecular complexity index is 748. The Morgan fingerprint density at radius 3 is 2.52 bits per heavy atom. The Morgan fingerprint density at radius 1 is 1.32 bits per heavy atom. The summed E-state index contributed by atoms with van der Waals surface area (Å²) in [4.78, 5) is 30.4. The fourth-order valence-electron chi connectivity index (χ4n) is 4.11. The van der Waals surface area contributed by atoms with Crippen molar-refractivity contribution in [2.75, 3.05) is 6.54 Å². The zero-order chi connectivity index (χ0) is 17.8. The quantitative estimate of drug-likeness (QED) is 0.896. The van der Waals surface area contributed by atoms with Crippen molar-refractivity contribution in [3.05, 3.63) is 34.9 Å². The number of oxime groups is 1. The molecular weight excluding hydrogens is 344 g/mol. The van der Waals surface area contributed by atoms with Gasteiger partial charge >= 0.3 is 5.97 Å². The topological polar surface area (TPSA) is 79.2 Å². The van der Waals surface area contributed by atoms with Gasteiger partial charge in [0.25, 0.3) is 0 Å². The van der Waals surface area contributed by atoms with Gasteiger partial charge < -0.3 is 14.8 Å². The molecule has 7 heteroatoms. The summed E-state index contributed by atoms with van der Waals surface area (Å²) in [5.41, 5.74) is 1.26. The van der Waals surface area contributed by atoms with Gasteiger partial charge in [0, 0.05) is 30.2 Å². The molecule has 2 fully saturated rings. The summed E-state index contributed by atoms with van der Waals surface area (Å²) < 4.78 is 0. The van der Waals surface area contributed by atoms with Gasteiger partial charge in [-0.25, -0.2) is 4.79 Å². The summed E-state index contributed by atoms with van der Waals surface area (Å²) in [5, 5.41) is 14.5. The Balaban J connectivity index is 1.56. The second kappa shape index (κ2) is 5.46. The second-order valence-electron chi connectivity index (χ2n) is 7.28. The lowest BCUT2D eigenvalue weighted by atomic mass is 9.83. The number of likely N-dealkylation sites (tertiary alicyclic amines) is 1. The van der Waals surface area contributed by atoms with E-state index in [0.29, 0.717) is 11.4 Å². The maximum absolute atomic E-state index is 11.8. The maximum Gasteiger partial charge on any atom is 0.326 e. The Kier molecular flexibility index (Phi) is 3.58. The monoisotopic (exact) mass is 362 g/mol. The van der Waals surface area contributed by atoms with E-state index in [2.05, 4.69) is 5.16 Å². The number of nitrogens with zero attached hydrogens (tertiary/aromatic N) is 2. The number of carbonyl (C=O) groups excluding carboxylic acids is 1. The van der Waals surface area contributed by atoms with Crippen molar-refractivity contribution in [3.8, 4) is 0 Å². The van der Waals surface area contributed by atoms with Crippen molar-refractivity contribution < 1.29 is 19.5 Å². The molecule has 1 aromatic rings. The van der Waals surface area contributed by atoms with Crippen molar-refractivity contribution in [2.45, 2.75) is 49.7 Å². The number of halogens is 1. The van der Waals surface area contributed by atoms with Gasteiger partial charge in [-0.05, 0) is 30.5 Å². The first-order valence-corrected chi connectivity index (χ1v) is 8.75. The van der Waals surface area contributed by atoms with Crippen LogP contribution >= 0.6 is 11.6 Å². The summed E-state index contributed by atoms with van der Waals surface area (Å²) in [6.45, 7) is 1.66. The first-order chi connectivity index (χ1) is 11.9. The molecular formula is C18H19ClN2O4. The van der Waals surface area contributed by atoms with Gasteiger partial charge in [-0.2, -0.15) is 0 Å². The average Bonchev–Trinajstić information content (AvgIpc) is 3.13. The minimum absolute atomic E-state index is 0.129. The van der Waals surface area contributed by atoms with E-state index < -0.39 is 17.6 Å². The van der Waals surface area contributed by atoms with Gasteiger partial charge in [0.2, 0.25) is 5.91 Å². The number of aliphatic carboxylic acids is 1. The Hall–Kier alpha value is -2.08. The van der Waals surface area contributed by atoms with Gasteiger partial charge in [0.05, 0.1) is 12.3 Å². The van der Waals surface area contributed by atoms with Gasteiger partial charge in [-0.15, -0.1) is 0 Å². The molecule has 2 heterocycles. The van der Waals surface area contributed by atoms with Crippen molar-refractivity contribution in [1.82, 2.24) is 4.90 Å². The van der Waals surface area contributed by atoms with Crippen molar-refractivity contribution >= 4 is 29.2 Å². The average molecular weight is 363 g/mol. The third-order valence-electron chi connectivity index (χ3n) is 5.63. The maximum atomic E-state index is 11.8. The van der Waals surface area contributed by atoms with E-state index in [9.17, 15) is 14.7 Å². The van der Waals surface area contributed by atoms with Crippen LogP contribution in [0.1, 0.15) is 38.2 Å². The SMILES string of the molecule is CC(=O)N1CC2(CC(C3(c4ccc(Cl)cc4)CC3)=NO2)C[C@H]1C(=O)O. The highest BCUT2D eigenvalue weighted by molar-refractivity contribution is 6.30. The van der Waals surface area contributed by atoms with E-state index in [0.717, 1.165) is 24.1 Å². The number of rotatable bonds is 3. The molecule has 0 aromatic heterocycles. The highest BCUT2D eigenvalue weighted by Crippen LogP contribution is 2.54. The lowest BCUT2D eigenvalue weighted by Crippen LogP contribution is -2.40. The number of carbonyl (C=O) groups is 2. The number of carboxylic acids is 1. The highest BCUT2D eigenvalue weighted by Gasteiger charge is 2.59. The number of amides is 1. The number of hydrogen-bond donors (Lipinski definition) is 1. The van der Waals surface area contributed by atoms with Crippen LogP contribution in [-0.2, 0) is 19.8 Å². The molecule has 6 nitrogen and oxygen atoms in total. The summed E-state index contributed by atoms with van der Waals surface area (Å²) in [7, 11) is 0. The summed E-state index contributed by atoms with van der Waals surface area (Å²) in [6, 6.07) is 6.92. The molecule has 1 saturated heterocycles. The molecule has 1 amide bonds.